The van der Waals surface area contributed by atoms with Gasteiger partial charge in [0.1, 0.15) is 17.0 Å². The van der Waals surface area contributed by atoms with Crippen LogP contribution in [-0.2, 0) is 10.0 Å². The number of aromatic nitrogens is 4. The van der Waals surface area contributed by atoms with E-state index in [0.717, 1.165) is 21.3 Å². The molecule has 0 fully saturated rings. The highest BCUT2D eigenvalue weighted by atomic mass is 32.2. The molecule has 0 unspecified atom stereocenters. The van der Waals surface area contributed by atoms with Crippen LogP contribution in [0.4, 0.5) is 17.5 Å². The minimum atomic E-state index is -3.83. The Balaban J connectivity index is 1.45. The average molecular weight is 521 g/mol. The van der Waals surface area contributed by atoms with E-state index in [1.54, 1.807) is 32.4 Å². The van der Waals surface area contributed by atoms with E-state index in [-0.39, 0.29) is 10.8 Å². The minimum Gasteiger partial charge on any atom is -0.493 e. The first-order valence-electron chi connectivity index (χ1n) is 10.6. The summed E-state index contributed by atoms with van der Waals surface area (Å²) in [5.41, 5.74) is 2.52. The molecule has 182 valence electrons. The highest BCUT2D eigenvalue weighted by Crippen LogP contribution is 2.40. The van der Waals surface area contributed by atoms with Gasteiger partial charge in [-0.05, 0) is 48.0 Å². The summed E-state index contributed by atoms with van der Waals surface area (Å²) in [5.74, 6) is 1.85. The lowest BCUT2D eigenvalue weighted by Crippen LogP contribution is -2.14. The van der Waals surface area contributed by atoms with Crippen molar-refractivity contribution in [2.75, 3.05) is 24.3 Å². The van der Waals surface area contributed by atoms with Gasteiger partial charge in [0.15, 0.2) is 11.5 Å². The summed E-state index contributed by atoms with van der Waals surface area (Å²) in [6.07, 6.45) is 4.41. The van der Waals surface area contributed by atoms with Crippen molar-refractivity contribution in [3.05, 3.63) is 72.6 Å². The highest BCUT2D eigenvalue weighted by Gasteiger charge is 2.17. The maximum Gasteiger partial charge on any atom is 0.264 e. The Bertz CT molecular complexity index is 1620. The van der Waals surface area contributed by atoms with Crippen LogP contribution in [0.15, 0.2) is 77.5 Å². The topological polar surface area (TPSA) is 128 Å². The molecule has 12 heteroatoms. The third-order valence-electron chi connectivity index (χ3n) is 5.28. The Hall–Kier alpha value is -4.29. The zero-order valence-electron chi connectivity index (χ0n) is 19.2. The van der Waals surface area contributed by atoms with Crippen molar-refractivity contribution in [2.24, 2.45) is 0 Å². The second-order valence-corrected chi connectivity index (χ2v) is 9.99. The smallest absolute Gasteiger partial charge is 0.264 e. The van der Waals surface area contributed by atoms with E-state index >= 15 is 0 Å². The van der Waals surface area contributed by atoms with Crippen LogP contribution < -0.4 is 19.5 Å². The molecule has 0 aliphatic rings. The Morgan fingerprint density at radius 2 is 1.64 bits per heavy atom. The Kier molecular flexibility index (Phi) is 6.36. The lowest BCUT2D eigenvalue weighted by Gasteiger charge is -2.11. The highest BCUT2D eigenvalue weighted by molar-refractivity contribution is 7.92. The molecule has 36 heavy (non-hydrogen) atoms. The van der Waals surface area contributed by atoms with Gasteiger partial charge in [-0.3, -0.25) is 0 Å². The number of anilines is 3. The van der Waals surface area contributed by atoms with E-state index in [9.17, 15) is 8.42 Å². The molecule has 0 saturated carbocycles. The minimum absolute atomic E-state index is 0.00299. The molecule has 0 amide bonds. The molecule has 3 aromatic heterocycles. The molecule has 0 saturated heterocycles. The molecule has 0 aliphatic heterocycles. The number of benzene rings is 2. The summed E-state index contributed by atoms with van der Waals surface area (Å²) in [5, 5.41) is 6.14. The number of sulfonamides is 1. The number of nitrogens with one attached hydrogen (secondary N) is 2. The third kappa shape index (κ3) is 4.63. The fraction of sp³-hybridized carbons (Fsp3) is 0.0833. The predicted molar refractivity (Wildman–Crippen MR) is 139 cm³/mol. The molecule has 0 bridgehead atoms. The van der Waals surface area contributed by atoms with Crippen molar-refractivity contribution in [2.45, 2.75) is 4.90 Å². The van der Waals surface area contributed by atoms with Crippen LogP contribution in [0.1, 0.15) is 0 Å². The van der Waals surface area contributed by atoms with Gasteiger partial charge in [-0.2, -0.15) is 0 Å². The second kappa shape index (κ2) is 9.76. The van der Waals surface area contributed by atoms with Gasteiger partial charge < -0.3 is 14.8 Å². The molecule has 2 N–H and O–H groups in total. The Labute approximate surface area is 211 Å². The summed E-state index contributed by atoms with van der Waals surface area (Å²) in [6, 6.07) is 13.6. The number of rotatable bonds is 8. The molecule has 10 nitrogen and oxygen atoms in total. The van der Waals surface area contributed by atoms with E-state index < -0.39 is 10.0 Å². The van der Waals surface area contributed by atoms with Crippen molar-refractivity contribution in [1.29, 1.82) is 0 Å². The first-order valence-corrected chi connectivity index (χ1v) is 13.0. The van der Waals surface area contributed by atoms with Gasteiger partial charge in [-0.25, -0.2) is 33.1 Å². The van der Waals surface area contributed by atoms with Gasteiger partial charge in [0.25, 0.3) is 10.0 Å². The zero-order chi connectivity index (χ0) is 25.1. The molecular weight excluding hydrogens is 500 g/mol. The molecular formula is C24H20N6O4S2. The standard InChI is InChI=1S/C24H20N6O4S2/c1-33-19-9-4-15(12-20(19)34-2)18-13-35-23-21(18)22(27-14-28-23)29-16-5-7-17(8-6-16)36(31,32)30-24-25-10-3-11-26-24/h3-14H,1-2H3,(H,25,26,30)(H,27,28,29). The van der Waals surface area contributed by atoms with E-state index in [4.69, 9.17) is 9.47 Å². The van der Waals surface area contributed by atoms with Crippen molar-refractivity contribution in [1.82, 2.24) is 19.9 Å². The van der Waals surface area contributed by atoms with Gasteiger partial charge in [-0.15, -0.1) is 11.3 Å². The normalized spacial score (nSPS) is 11.3. The SMILES string of the molecule is COc1ccc(-c2csc3ncnc(Nc4ccc(S(=O)(=O)Nc5ncccn5)cc4)c23)cc1OC. The monoisotopic (exact) mass is 520 g/mol. The molecule has 0 spiro atoms. The maximum absolute atomic E-state index is 12.7. The third-order valence-corrected chi connectivity index (χ3v) is 7.51. The van der Waals surface area contributed by atoms with Gasteiger partial charge >= 0.3 is 0 Å². The van der Waals surface area contributed by atoms with E-state index in [1.165, 1.54) is 42.2 Å². The van der Waals surface area contributed by atoms with E-state index in [1.807, 2.05) is 23.6 Å². The maximum atomic E-state index is 12.7. The summed E-state index contributed by atoms with van der Waals surface area (Å²) < 4.78 is 38.5. The van der Waals surface area contributed by atoms with E-state index in [0.29, 0.717) is 23.0 Å². The van der Waals surface area contributed by atoms with Crippen molar-refractivity contribution in [3.8, 4) is 22.6 Å². The average Bonchev–Trinajstić information content (AvgIpc) is 3.34. The molecule has 0 aliphatic carbocycles. The second-order valence-electron chi connectivity index (χ2n) is 7.45. The first-order chi connectivity index (χ1) is 17.5. The van der Waals surface area contributed by atoms with Crippen molar-refractivity contribution >= 4 is 49.0 Å². The van der Waals surface area contributed by atoms with Crippen molar-refractivity contribution < 1.29 is 17.9 Å². The first kappa shape index (κ1) is 23.5. The molecule has 5 aromatic rings. The number of methoxy groups -OCH3 is 2. The summed E-state index contributed by atoms with van der Waals surface area (Å²) >= 11 is 1.50. The number of hydrogen-bond acceptors (Lipinski definition) is 10. The number of thiophene rings is 1. The molecule has 2 aromatic carbocycles. The van der Waals surface area contributed by atoms with Gasteiger partial charge in [0, 0.05) is 29.0 Å². The number of hydrogen-bond donors (Lipinski definition) is 2. The fourth-order valence-electron chi connectivity index (χ4n) is 3.57. The number of nitrogens with zero attached hydrogens (tertiary/aromatic N) is 4. The zero-order valence-corrected chi connectivity index (χ0v) is 20.8. The van der Waals surface area contributed by atoms with Crippen LogP contribution in [0.3, 0.4) is 0 Å². The van der Waals surface area contributed by atoms with Crippen molar-refractivity contribution in [3.63, 3.8) is 0 Å². The van der Waals surface area contributed by atoms with Gasteiger partial charge in [0.2, 0.25) is 5.95 Å². The number of ether oxygens (including phenoxy) is 2. The van der Waals surface area contributed by atoms with Crippen LogP contribution in [0.5, 0.6) is 11.5 Å². The van der Waals surface area contributed by atoms with Crippen LogP contribution in [-0.4, -0.2) is 42.6 Å². The fourth-order valence-corrected chi connectivity index (χ4v) is 5.45. The lowest BCUT2D eigenvalue weighted by atomic mass is 10.1. The van der Waals surface area contributed by atoms with Crippen LogP contribution in [0.25, 0.3) is 21.3 Å². The van der Waals surface area contributed by atoms with Crippen LogP contribution >= 0.6 is 11.3 Å². The predicted octanol–water partition coefficient (Wildman–Crippen LogP) is 4.71. The van der Waals surface area contributed by atoms with Gasteiger partial charge in [-0.1, -0.05) is 6.07 Å². The molecule has 0 radical (unpaired) electrons. The molecule has 5 rings (SSSR count). The summed E-state index contributed by atoms with van der Waals surface area (Å²) in [4.78, 5) is 17.5. The quantitative estimate of drug-likeness (QED) is 0.299. The number of fused-ring (bicyclic) bond motifs is 1. The van der Waals surface area contributed by atoms with E-state index in [2.05, 4.69) is 30.0 Å². The summed E-state index contributed by atoms with van der Waals surface area (Å²) in [7, 11) is -0.647. The Morgan fingerprint density at radius 1 is 0.889 bits per heavy atom. The van der Waals surface area contributed by atoms with Crippen LogP contribution in [0.2, 0.25) is 0 Å². The largest absolute Gasteiger partial charge is 0.493 e. The van der Waals surface area contributed by atoms with Crippen LogP contribution in [0, 0.1) is 0 Å². The lowest BCUT2D eigenvalue weighted by molar-refractivity contribution is 0.355. The summed E-state index contributed by atoms with van der Waals surface area (Å²) in [6.45, 7) is 0. The van der Waals surface area contributed by atoms with Gasteiger partial charge in [0.05, 0.1) is 24.5 Å². The Morgan fingerprint density at radius 3 is 2.36 bits per heavy atom. The molecule has 0 atom stereocenters. The molecule has 3 heterocycles.